The van der Waals surface area contributed by atoms with Crippen molar-refractivity contribution in [1.29, 1.82) is 0 Å². The lowest BCUT2D eigenvalue weighted by Gasteiger charge is -2.34. The van der Waals surface area contributed by atoms with Crippen LogP contribution in [0.5, 0.6) is 0 Å². The Hall–Kier alpha value is -2.66. The first kappa shape index (κ1) is 18.1. The Morgan fingerprint density at radius 2 is 1.81 bits per heavy atom. The number of hydrogen-bond donors (Lipinski definition) is 0. The topological polar surface area (TPSA) is 96.7 Å². The minimum Gasteiger partial charge on any atom is -0.348 e. The molecule has 138 valence electrons. The Bertz CT molecular complexity index is 946. The molecule has 0 amide bonds. The lowest BCUT2D eigenvalue weighted by atomic mass is 10.3. The van der Waals surface area contributed by atoms with Gasteiger partial charge >= 0.3 is 5.69 Å². The van der Waals surface area contributed by atoms with Crippen molar-refractivity contribution >= 4 is 21.5 Å². The maximum Gasteiger partial charge on any atom is 0.311 e. The second-order valence-electron chi connectivity index (χ2n) is 5.57. The number of nitrogens with zero attached hydrogens (tertiary/aromatic N) is 4. The van der Waals surface area contributed by atoms with Crippen molar-refractivity contribution < 1.29 is 22.1 Å². The van der Waals surface area contributed by atoms with Crippen molar-refractivity contribution in [2.75, 3.05) is 31.1 Å². The van der Waals surface area contributed by atoms with Gasteiger partial charge in [0.1, 0.15) is 16.5 Å². The maximum absolute atomic E-state index is 13.8. The zero-order valence-electron chi connectivity index (χ0n) is 13.4. The highest BCUT2D eigenvalue weighted by atomic mass is 32.2. The fourth-order valence-corrected chi connectivity index (χ4v) is 4.21. The minimum atomic E-state index is -4.13. The third-order valence-corrected chi connectivity index (χ3v) is 5.94. The highest BCUT2D eigenvalue weighted by molar-refractivity contribution is 7.89. The fourth-order valence-electron chi connectivity index (χ4n) is 2.74. The van der Waals surface area contributed by atoms with Gasteiger partial charge in [-0.3, -0.25) is 10.1 Å². The van der Waals surface area contributed by atoms with Crippen molar-refractivity contribution in [2.24, 2.45) is 0 Å². The first-order valence-corrected chi connectivity index (χ1v) is 9.04. The second kappa shape index (κ2) is 6.92. The number of nitro groups is 1. The molecule has 26 heavy (non-hydrogen) atoms. The van der Waals surface area contributed by atoms with E-state index in [1.165, 1.54) is 18.3 Å². The molecule has 1 aliphatic heterocycles. The van der Waals surface area contributed by atoms with Crippen LogP contribution in [0.2, 0.25) is 0 Å². The molecule has 1 aliphatic rings. The highest BCUT2D eigenvalue weighted by Gasteiger charge is 2.32. The fraction of sp³-hybridized carbons (Fsp3) is 0.267. The number of halogens is 2. The minimum absolute atomic E-state index is 0.00707. The third-order valence-electron chi connectivity index (χ3n) is 4.01. The molecule has 0 spiro atoms. The SMILES string of the molecule is O=[N+]([O-])c1cccnc1N1CCN(S(=O)(=O)c2ccc(F)cc2F)CC1. The lowest BCUT2D eigenvalue weighted by molar-refractivity contribution is -0.384. The highest BCUT2D eigenvalue weighted by Crippen LogP contribution is 2.27. The summed E-state index contributed by atoms with van der Waals surface area (Å²) in [5.74, 6) is -1.87. The largest absolute Gasteiger partial charge is 0.348 e. The molecule has 0 unspecified atom stereocenters. The molecule has 0 atom stereocenters. The Morgan fingerprint density at radius 1 is 1.12 bits per heavy atom. The number of piperazine rings is 1. The summed E-state index contributed by atoms with van der Waals surface area (Å²) in [5.41, 5.74) is -0.173. The number of pyridine rings is 1. The molecular formula is C15H14F2N4O4S. The van der Waals surface area contributed by atoms with Crippen molar-refractivity contribution in [3.8, 4) is 0 Å². The van der Waals surface area contributed by atoms with Crippen LogP contribution < -0.4 is 4.90 Å². The van der Waals surface area contributed by atoms with Crippen LogP contribution in [0.25, 0.3) is 0 Å². The van der Waals surface area contributed by atoms with Crippen LogP contribution in [0.3, 0.4) is 0 Å². The maximum atomic E-state index is 13.8. The molecule has 8 nitrogen and oxygen atoms in total. The predicted molar refractivity (Wildman–Crippen MR) is 88.2 cm³/mol. The lowest BCUT2D eigenvalue weighted by Crippen LogP contribution is -2.49. The van der Waals surface area contributed by atoms with Gasteiger partial charge in [0, 0.05) is 44.5 Å². The van der Waals surface area contributed by atoms with Crippen LogP contribution in [-0.4, -0.2) is 48.8 Å². The van der Waals surface area contributed by atoms with Crippen molar-refractivity contribution in [1.82, 2.24) is 9.29 Å². The molecule has 2 heterocycles. The molecule has 11 heteroatoms. The van der Waals surface area contributed by atoms with E-state index in [-0.39, 0.29) is 37.7 Å². The van der Waals surface area contributed by atoms with Crippen molar-refractivity contribution in [3.05, 3.63) is 58.3 Å². The van der Waals surface area contributed by atoms with E-state index < -0.39 is 31.5 Å². The third kappa shape index (κ3) is 3.35. The molecule has 1 fully saturated rings. The van der Waals surface area contributed by atoms with Gasteiger partial charge in [-0.2, -0.15) is 4.31 Å². The molecule has 0 radical (unpaired) electrons. The van der Waals surface area contributed by atoms with Gasteiger partial charge in [-0.15, -0.1) is 0 Å². The molecule has 0 N–H and O–H groups in total. The summed E-state index contributed by atoms with van der Waals surface area (Å²) in [7, 11) is -4.13. The molecular weight excluding hydrogens is 370 g/mol. The molecule has 0 saturated carbocycles. The average molecular weight is 384 g/mol. The number of benzene rings is 1. The molecule has 1 aromatic carbocycles. The second-order valence-corrected chi connectivity index (χ2v) is 7.48. The van der Waals surface area contributed by atoms with Gasteiger partial charge in [-0.05, 0) is 18.2 Å². The van der Waals surface area contributed by atoms with Gasteiger partial charge in [0.15, 0.2) is 0 Å². The summed E-state index contributed by atoms with van der Waals surface area (Å²) < 4.78 is 53.0. The predicted octanol–water partition coefficient (Wildman–Crippen LogP) is 1.78. The van der Waals surface area contributed by atoms with E-state index in [4.69, 9.17) is 0 Å². The van der Waals surface area contributed by atoms with Crippen molar-refractivity contribution in [3.63, 3.8) is 0 Å². The van der Waals surface area contributed by atoms with E-state index in [1.807, 2.05) is 0 Å². The number of hydrogen-bond acceptors (Lipinski definition) is 6. The van der Waals surface area contributed by atoms with Crippen LogP contribution >= 0.6 is 0 Å². The first-order chi connectivity index (χ1) is 12.3. The average Bonchev–Trinajstić information content (AvgIpc) is 2.61. The van der Waals surface area contributed by atoms with Gasteiger partial charge in [-0.25, -0.2) is 22.2 Å². The summed E-state index contributed by atoms with van der Waals surface area (Å²) in [6.07, 6.45) is 1.42. The Balaban J connectivity index is 1.79. The zero-order chi connectivity index (χ0) is 18.9. The van der Waals surface area contributed by atoms with E-state index in [1.54, 1.807) is 4.90 Å². The molecule has 0 bridgehead atoms. The zero-order valence-corrected chi connectivity index (χ0v) is 14.2. The van der Waals surface area contributed by atoms with Gasteiger partial charge < -0.3 is 4.90 Å². The summed E-state index contributed by atoms with van der Waals surface area (Å²) in [4.78, 5) is 15.6. The smallest absolute Gasteiger partial charge is 0.311 e. The van der Waals surface area contributed by atoms with Crippen LogP contribution in [0.15, 0.2) is 41.4 Å². The van der Waals surface area contributed by atoms with Gasteiger partial charge in [0.05, 0.1) is 4.92 Å². The van der Waals surface area contributed by atoms with Crippen LogP contribution in [0, 0.1) is 21.7 Å². The van der Waals surface area contributed by atoms with Crippen LogP contribution in [0.4, 0.5) is 20.3 Å². The summed E-state index contributed by atoms with van der Waals surface area (Å²) in [6, 6.07) is 5.04. The molecule has 1 aromatic heterocycles. The normalized spacial score (nSPS) is 15.8. The van der Waals surface area contributed by atoms with E-state index in [9.17, 15) is 27.3 Å². The molecule has 3 rings (SSSR count). The number of rotatable bonds is 4. The van der Waals surface area contributed by atoms with Crippen molar-refractivity contribution in [2.45, 2.75) is 4.90 Å². The first-order valence-electron chi connectivity index (χ1n) is 7.60. The standard InChI is InChI=1S/C15H14F2N4O4S/c16-11-3-4-14(12(17)10-11)26(24,25)20-8-6-19(7-9-20)15-13(21(22)23)2-1-5-18-15/h1-5,10H,6-9H2. The monoisotopic (exact) mass is 384 g/mol. The molecule has 1 saturated heterocycles. The van der Waals surface area contributed by atoms with E-state index in [2.05, 4.69) is 4.98 Å². The van der Waals surface area contributed by atoms with E-state index in [0.717, 1.165) is 16.4 Å². The molecule has 0 aliphatic carbocycles. The Morgan fingerprint density at radius 3 is 2.42 bits per heavy atom. The van der Waals surface area contributed by atoms with E-state index >= 15 is 0 Å². The Kier molecular flexibility index (Phi) is 4.83. The van der Waals surface area contributed by atoms with Gasteiger partial charge in [0.2, 0.25) is 15.8 Å². The number of sulfonamides is 1. The quantitative estimate of drug-likeness (QED) is 0.589. The van der Waals surface area contributed by atoms with E-state index in [0.29, 0.717) is 6.07 Å². The number of aromatic nitrogens is 1. The van der Waals surface area contributed by atoms with Crippen LogP contribution in [-0.2, 0) is 10.0 Å². The van der Waals surface area contributed by atoms with Gasteiger partial charge in [-0.1, -0.05) is 0 Å². The van der Waals surface area contributed by atoms with Crippen LogP contribution in [0.1, 0.15) is 0 Å². The summed E-state index contributed by atoms with van der Waals surface area (Å²) >= 11 is 0. The summed E-state index contributed by atoms with van der Waals surface area (Å²) in [5, 5.41) is 11.1. The Labute approximate surface area is 147 Å². The number of anilines is 1. The van der Waals surface area contributed by atoms with Gasteiger partial charge in [0.25, 0.3) is 0 Å². The molecule has 2 aromatic rings. The summed E-state index contributed by atoms with van der Waals surface area (Å²) in [6.45, 7) is 0.291.